The third-order valence-corrected chi connectivity index (χ3v) is 3.95. The molecule has 0 atom stereocenters. The van der Waals surface area contributed by atoms with Gasteiger partial charge in [-0.1, -0.05) is 30.3 Å². The molecule has 0 radical (unpaired) electrons. The highest BCUT2D eigenvalue weighted by atomic mass is 16.1. The summed E-state index contributed by atoms with van der Waals surface area (Å²) in [6.07, 6.45) is 1.71. The number of anilines is 1. The van der Waals surface area contributed by atoms with Crippen molar-refractivity contribution in [3.05, 3.63) is 59.3 Å². The highest BCUT2D eigenvalue weighted by molar-refractivity contribution is 6.09. The van der Waals surface area contributed by atoms with Crippen molar-refractivity contribution >= 4 is 11.6 Å². The summed E-state index contributed by atoms with van der Waals surface area (Å²) in [5, 5.41) is 0. The molecule has 0 saturated heterocycles. The smallest absolute Gasteiger partial charge is 0.194 e. The van der Waals surface area contributed by atoms with Crippen LogP contribution in [0.5, 0.6) is 0 Å². The number of hydrogen-bond donors (Lipinski definition) is 0. The van der Waals surface area contributed by atoms with Crippen LogP contribution in [0.2, 0.25) is 0 Å². The second kappa shape index (κ2) is 6.39. The number of ketones is 1. The maximum Gasteiger partial charge on any atom is 0.194 e. The van der Waals surface area contributed by atoms with E-state index in [9.17, 15) is 4.79 Å². The van der Waals surface area contributed by atoms with Crippen molar-refractivity contribution in [2.45, 2.75) is 59.5 Å². The summed E-state index contributed by atoms with van der Waals surface area (Å²) in [5.74, 6) is 0.919. The summed E-state index contributed by atoms with van der Waals surface area (Å²) in [6.45, 7) is 15.1. The number of nitrogens with zero attached hydrogens (tertiary/aromatic N) is 2. The molecule has 0 fully saturated rings. The van der Waals surface area contributed by atoms with Crippen molar-refractivity contribution in [1.82, 2.24) is 4.98 Å². The molecular formula is C21H28N2O. The summed E-state index contributed by atoms with van der Waals surface area (Å²) in [7, 11) is 0. The lowest BCUT2D eigenvalue weighted by Gasteiger charge is -2.46. The molecule has 0 aliphatic heterocycles. The second-order valence-corrected chi connectivity index (χ2v) is 8.23. The Morgan fingerprint density at radius 2 is 1.50 bits per heavy atom. The predicted octanol–water partition coefficient (Wildman–Crippen LogP) is 5.02. The first-order valence-corrected chi connectivity index (χ1v) is 8.38. The second-order valence-electron chi connectivity index (χ2n) is 8.23. The van der Waals surface area contributed by atoms with E-state index in [1.165, 1.54) is 0 Å². The van der Waals surface area contributed by atoms with Crippen molar-refractivity contribution < 1.29 is 4.79 Å². The van der Waals surface area contributed by atoms with E-state index in [4.69, 9.17) is 0 Å². The molecule has 3 nitrogen and oxygen atoms in total. The minimum atomic E-state index is -0.0668. The van der Waals surface area contributed by atoms with Gasteiger partial charge < -0.3 is 4.90 Å². The fourth-order valence-electron chi connectivity index (χ4n) is 3.34. The van der Waals surface area contributed by atoms with Crippen LogP contribution in [0.25, 0.3) is 0 Å². The molecule has 0 saturated carbocycles. The largest absolute Gasteiger partial charge is 0.347 e. The van der Waals surface area contributed by atoms with Gasteiger partial charge in [-0.05, 0) is 60.1 Å². The summed E-state index contributed by atoms with van der Waals surface area (Å²) in [5.41, 5.74) is 2.17. The number of rotatable bonds is 3. The van der Waals surface area contributed by atoms with Gasteiger partial charge in [0.1, 0.15) is 5.82 Å². The van der Waals surface area contributed by atoms with Crippen LogP contribution in [0.4, 0.5) is 5.82 Å². The number of aryl methyl sites for hydroxylation is 1. The predicted molar refractivity (Wildman–Crippen MR) is 101 cm³/mol. The molecule has 0 amide bonds. The molecule has 0 spiro atoms. The summed E-state index contributed by atoms with van der Waals surface area (Å²) in [6, 6.07) is 11.4. The van der Waals surface area contributed by atoms with Gasteiger partial charge in [-0.2, -0.15) is 0 Å². The minimum Gasteiger partial charge on any atom is -0.347 e. The molecule has 1 aromatic carbocycles. The zero-order valence-corrected chi connectivity index (χ0v) is 15.8. The Kier molecular flexibility index (Phi) is 4.84. The van der Waals surface area contributed by atoms with Gasteiger partial charge in [-0.25, -0.2) is 4.98 Å². The van der Waals surface area contributed by atoms with E-state index in [-0.39, 0.29) is 16.9 Å². The highest BCUT2D eigenvalue weighted by Gasteiger charge is 2.32. The van der Waals surface area contributed by atoms with Gasteiger partial charge in [-0.15, -0.1) is 0 Å². The molecule has 1 aromatic heterocycles. The normalized spacial score (nSPS) is 12.1. The molecule has 0 unspecified atom stereocenters. The Morgan fingerprint density at radius 3 is 1.96 bits per heavy atom. The van der Waals surface area contributed by atoms with Gasteiger partial charge in [0.05, 0.1) is 0 Å². The van der Waals surface area contributed by atoms with Gasteiger partial charge in [0.25, 0.3) is 0 Å². The maximum atomic E-state index is 12.7. The van der Waals surface area contributed by atoms with Crippen LogP contribution in [0.3, 0.4) is 0 Å². The molecule has 24 heavy (non-hydrogen) atoms. The first-order valence-electron chi connectivity index (χ1n) is 8.38. The molecule has 128 valence electrons. The van der Waals surface area contributed by atoms with E-state index in [0.717, 1.165) is 11.4 Å². The molecular weight excluding hydrogens is 296 g/mol. The third kappa shape index (κ3) is 3.84. The Bertz CT molecular complexity index is 708. The van der Waals surface area contributed by atoms with E-state index >= 15 is 0 Å². The van der Waals surface area contributed by atoms with Crippen molar-refractivity contribution in [2.24, 2.45) is 0 Å². The number of aromatic nitrogens is 1. The lowest BCUT2D eigenvalue weighted by molar-refractivity contribution is 0.103. The van der Waals surface area contributed by atoms with Crippen molar-refractivity contribution in [3.8, 4) is 0 Å². The lowest BCUT2D eigenvalue weighted by atomic mass is 9.95. The summed E-state index contributed by atoms with van der Waals surface area (Å²) >= 11 is 0. The van der Waals surface area contributed by atoms with Crippen LogP contribution >= 0.6 is 0 Å². The van der Waals surface area contributed by atoms with Crippen LogP contribution in [0.1, 0.15) is 63.0 Å². The van der Waals surface area contributed by atoms with E-state index in [1.54, 1.807) is 6.20 Å². The van der Waals surface area contributed by atoms with Crippen molar-refractivity contribution in [2.75, 3.05) is 4.90 Å². The van der Waals surface area contributed by atoms with Crippen LogP contribution in [-0.2, 0) is 0 Å². The molecule has 0 aliphatic rings. The van der Waals surface area contributed by atoms with Crippen molar-refractivity contribution in [1.29, 1.82) is 0 Å². The average Bonchev–Trinajstić information content (AvgIpc) is 2.44. The minimum absolute atomic E-state index is 0.0187. The van der Waals surface area contributed by atoms with Gasteiger partial charge in [0.2, 0.25) is 0 Å². The Hall–Kier alpha value is -2.16. The highest BCUT2D eigenvalue weighted by Crippen LogP contribution is 2.31. The fourth-order valence-corrected chi connectivity index (χ4v) is 3.34. The van der Waals surface area contributed by atoms with Gasteiger partial charge in [0, 0.05) is 28.4 Å². The molecule has 1 heterocycles. The number of carbonyl (C=O) groups excluding carboxylic acids is 1. The zero-order chi connectivity index (χ0) is 18.1. The Labute approximate surface area is 145 Å². The van der Waals surface area contributed by atoms with Crippen molar-refractivity contribution in [3.63, 3.8) is 0 Å². The molecule has 3 heteroatoms. The number of pyridine rings is 1. The number of benzene rings is 1. The third-order valence-electron chi connectivity index (χ3n) is 3.95. The Morgan fingerprint density at radius 1 is 0.958 bits per heavy atom. The van der Waals surface area contributed by atoms with Gasteiger partial charge in [0.15, 0.2) is 5.78 Å². The zero-order valence-electron chi connectivity index (χ0n) is 15.8. The summed E-state index contributed by atoms with van der Waals surface area (Å²) < 4.78 is 0. The van der Waals surface area contributed by atoms with E-state index in [2.05, 4.69) is 51.4 Å². The first kappa shape index (κ1) is 18.2. The van der Waals surface area contributed by atoms with E-state index < -0.39 is 0 Å². The van der Waals surface area contributed by atoms with Gasteiger partial charge in [-0.3, -0.25) is 4.79 Å². The fraction of sp³-hybridized carbons (Fsp3) is 0.429. The summed E-state index contributed by atoms with van der Waals surface area (Å²) in [4.78, 5) is 19.6. The molecule has 2 rings (SSSR count). The monoisotopic (exact) mass is 324 g/mol. The maximum absolute atomic E-state index is 12.7. The molecule has 0 aliphatic carbocycles. The standard InChI is InChI=1S/C21H28N2O/c1-15-13-18(23(20(2,3)4)21(5,6)7)22-14-17(15)19(24)16-11-9-8-10-12-16/h8-14H,1-7H3. The van der Waals surface area contributed by atoms with Crippen LogP contribution in [0.15, 0.2) is 42.6 Å². The van der Waals surface area contributed by atoms with Crippen LogP contribution in [0, 0.1) is 6.92 Å². The average molecular weight is 324 g/mol. The molecule has 2 aromatic rings. The first-order chi connectivity index (χ1) is 11.0. The van der Waals surface area contributed by atoms with E-state index in [0.29, 0.717) is 11.1 Å². The quantitative estimate of drug-likeness (QED) is 0.743. The van der Waals surface area contributed by atoms with Gasteiger partial charge >= 0.3 is 0 Å². The molecule has 0 bridgehead atoms. The lowest BCUT2D eigenvalue weighted by Crippen LogP contribution is -2.53. The topological polar surface area (TPSA) is 33.2 Å². The van der Waals surface area contributed by atoms with Crippen LogP contribution in [-0.4, -0.2) is 21.8 Å². The SMILES string of the molecule is Cc1cc(N(C(C)(C)C)C(C)(C)C)ncc1C(=O)c1ccccc1. The molecule has 0 N–H and O–H groups in total. The number of hydrogen-bond acceptors (Lipinski definition) is 3. The number of carbonyl (C=O) groups is 1. The van der Waals surface area contributed by atoms with Crippen LogP contribution < -0.4 is 4.90 Å². The Balaban J connectivity index is 2.44. The van der Waals surface area contributed by atoms with E-state index in [1.807, 2.05) is 43.3 Å².